The molecule has 25 heavy (non-hydrogen) atoms. The highest BCUT2D eigenvalue weighted by molar-refractivity contribution is 5.80. The molecule has 6 nitrogen and oxygen atoms in total. The van der Waals surface area contributed by atoms with Gasteiger partial charge in [-0.15, -0.1) is 0 Å². The number of nitrogens with one attached hydrogen (secondary N) is 1. The molecule has 0 aliphatic heterocycles. The first kappa shape index (κ1) is 16.7. The highest BCUT2D eigenvalue weighted by Crippen LogP contribution is 2.17. The summed E-state index contributed by atoms with van der Waals surface area (Å²) in [6, 6.07) is 17.0. The number of rotatable bonds is 6. The third kappa shape index (κ3) is 4.44. The normalized spacial score (nSPS) is 11.8. The minimum absolute atomic E-state index is 0.153. The SMILES string of the molecule is Cc1cccc(-c2noc(CNC(=O)[C@H](C)Oc3ccccc3)n2)c1. The number of aryl methyl sites for hydroxylation is 1. The highest BCUT2D eigenvalue weighted by Gasteiger charge is 2.16. The Kier molecular flexibility index (Phi) is 5.09. The van der Waals surface area contributed by atoms with Crippen LogP contribution in [0.4, 0.5) is 0 Å². The summed E-state index contributed by atoms with van der Waals surface area (Å²) in [6.45, 7) is 3.84. The van der Waals surface area contributed by atoms with Gasteiger partial charge in [-0.25, -0.2) is 0 Å². The molecule has 0 spiro atoms. The number of amides is 1. The topological polar surface area (TPSA) is 77.2 Å². The lowest BCUT2D eigenvalue weighted by Gasteiger charge is -2.13. The van der Waals surface area contributed by atoms with E-state index in [1.165, 1.54) is 0 Å². The van der Waals surface area contributed by atoms with Crippen LogP contribution < -0.4 is 10.1 Å². The first-order valence-electron chi connectivity index (χ1n) is 8.01. The van der Waals surface area contributed by atoms with Crippen molar-refractivity contribution in [3.05, 3.63) is 66.1 Å². The number of benzene rings is 2. The van der Waals surface area contributed by atoms with Crippen LogP contribution in [0.2, 0.25) is 0 Å². The lowest BCUT2D eigenvalue weighted by molar-refractivity contribution is -0.127. The summed E-state index contributed by atoms with van der Waals surface area (Å²) < 4.78 is 10.8. The van der Waals surface area contributed by atoms with Crippen LogP contribution >= 0.6 is 0 Å². The van der Waals surface area contributed by atoms with E-state index in [2.05, 4.69) is 15.5 Å². The first-order valence-corrected chi connectivity index (χ1v) is 8.01. The number of para-hydroxylation sites is 1. The summed E-state index contributed by atoms with van der Waals surface area (Å²) in [4.78, 5) is 16.4. The molecule has 1 heterocycles. The standard InChI is InChI=1S/C19H19N3O3/c1-13-7-6-8-15(11-13)18-21-17(25-22-18)12-20-19(23)14(2)24-16-9-4-3-5-10-16/h3-11,14H,12H2,1-2H3,(H,20,23)/t14-/m0/s1. The van der Waals surface area contributed by atoms with Crippen LogP contribution in [0.5, 0.6) is 5.75 Å². The highest BCUT2D eigenvalue weighted by atomic mass is 16.5. The molecule has 2 aromatic carbocycles. The zero-order chi connectivity index (χ0) is 17.6. The fourth-order valence-corrected chi connectivity index (χ4v) is 2.29. The molecule has 128 valence electrons. The van der Waals surface area contributed by atoms with Crippen molar-refractivity contribution in [2.24, 2.45) is 0 Å². The van der Waals surface area contributed by atoms with Crippen LogP contribution in [0, 0.1) is 6.92 Å². The predicted molar refractivity (Wildman–Crippen MR) is 92.8 cm³/mol. The second kappa shape index (κ2) is 7.61. The Balaban J connectivity index is 1.56. The zero-order valence-electron chi connectivity index (χ0n) is 14.1. The lowest BCUT2D eigenvalue weighted by Crippen LogP contribution is -2.35. The number of nitrogens with zero attached hydrogens (tertiary/aromatic N) is 2. The van der Waals surface area contributed by atoms with Gasteiger partial charge in [0.05, 0.1) is 6.54 Å². The van der Waals surface area contributed by atoms with Crippen molar-refractivity contribution in [2.45, 2.75) is 26.5 Å². The second-order valence-corrected chi connectivity index (χ2v) is 5.67. The van der Waals surface area contributed by atoms with Gasteiger partial charge in [0.25, 0.3) is 5.91 Å². The molecule has 0 radical (unpaired) electrons. The molecule has 0 unspecified atom stereocenters. The number of hydrogen-bond donors (Lipinski definition) is 1. The average molecular weight is 337 g/mol. The molecule has 0 saturated carbocycles. The van der Waals surface area contributed by atoms with E-state index in [0.29, 0.717) is 17.5 Å². The maximum absolute atomic E-state index is 12.1. The second-order valence-electron chi connectivity index (χ2n) is 5.67. The van der Waals surface area contributed by atoms with Gasteiger partial charge in [0.1, 0.15) is 5.75 Å². The van der Waals surface area contributed by atoms with Crippen LogP contribution in [-0.2, 0) is 11.3 Å². The van der Waals surface area contributed by atoms with E-state index >= 15 is 0 Å². The maximum Gasteiger partial charge on any atom is 0.261 e. The summed E-state index contributed by atoms with van der Waals surface area (Å²) in [5.74, 6) is 1.24. The van der Waals surface area contributed by atoms with Crippen molar-refractivity contribution in [1.29, 1.82) is 0 Å². The fraction of sp³-hybridized carbons (Fsp3) is 0.211. The third-order valence-corrected chi connectivity index (χ3v) is 3.58. The lowest BCUT2D eigenvalue weighted by atomic mass is 10.1. The molecule has 0 aliphatic carbocycles. The van der Waals surface area contributed by atoms with Crippen molar-refractivity contribution < 1.29 is 14.1 Å². The van der Waals surface area contributed by atoms with Crippen molar-refractivity contribution in [3.63, 3.8) is 0 Å². The van der Waals surface area contributed by atoms with Gasteiger partial charge >= 0.3 is 0 Å². The number of carbonyl (C=O) groups is 1. The maximum atomic E-state index is 12.1. The molecule has 6 heteroatoms. The third-order valence-electron chi connectivity index (χ3n) is 3.58. The van der Waals surface area contributed by atoms with Gasteiger partial charge in [-0.2, -0.15) is 4.98 Å². The van der Waals surface area contributed by atoms with Crippen LogP contribution in [0.3, 0.4) is 0 Å². The molecule has 3 aromatic rings. The molecule has 1 aromatic heterocycles. The molecule has 0 bridgehead atoms. The molecule has 1 amide bonds. The van der Waals surface area contributed by atoms with Crippen molar-refractivity contribution in [2.75, 3.05) is 0 Å². The molecule has 1 atom stereocenters. The van der Waals surface area contributed by atoms with E-state index in [1.54, 1.807) is 19.1 Å². The van der Waals surface area contributed by atoms with Gasteiger partial charge in [0, 0.05) is 5.56 Å². The summed E-state index contributed by atoms with van der Waals surface area (Å²) in [5.41, 5.74) is 1.99. The Morgan fingerprint density at radius 2 is 2.00 bits per heavy atom. The summed E-state index contributed by atoms with van der Waals surface area (Å²) in [7, 11) is 0. The minimum Gasteiger partial charge on any atom is -0.481 e. The van der Waals surface area contributed by atoms with Gasteiger partial charge in [0.15, 0.2) is 6.10 Å². The van der Waals surface area contributed by atoms with Gasteiger partial charge < -0.3 is 14.6 Å². The molecular formula is C19H19N3O3. The average Bonchev–Trinajstić information content (AvgIpc) is 3.09. The number of ether oxygens (including phenoxy) is 1. The molecule has 0 saturated heterocycles. The minimum atomic E-state index is -0.624. The van der Waals surface area contributed by atoms with Gasteiger partial charge in [-0.3, -0.25) is 4.79 Å². The Labute approximate surface area is 145 Å². The monoisotopic (exact) mass is 337 g/mol. The van der Waals surface area contributed by atoms with Crippen LogP contribution in [0.25, 0.3) is 11.4 Å². The number of hydrogen-bond acceptors (Lipinski definition) is 5. The Hall–Kier alpha value is -3.15. The Morgan fingerprint density at radius 1 is 1.20 bits per heavy atom. The van der Waals surface area contributed by atoms with E-state index in [-0.39, 0.29) is 12.5 Å². The molecular weight excluding hydrogens is 318 g/mol. The molecule has 0 fully saturated rings. The fourth-order valence-electron chi connectivity index (χ4n) is 2.29. The summed E-state index contributed by atoms with van der Waals surface area (Å²) in [6.07, 6.45) is -0.624. The number of carbonyl (C=O) groups excluding carboxylic acids is 1. The van der Waals surface area contributed by atoms with Gasteiger partial charge in [-0.1, -0.05) is 47.1 Å². The first-order chi connectivity index (χ1) is 12.1. The number of aromatic nitrogens is 2. The smallest absolute Gasteiger partial charge is 0.261 e. The zero-order valence-corrected chi connectivity index (χ0v) is 14.1. The van der Waals surface area contributed by atoms with E-state index in [4.69, 9.17) is 9.26 Å². The van der Waals surface area contributed by atoms with Crippen molar-refractivity contribution >= 4 is 5.91 Å². The van der Waals surface area contributed by atoms with Crippen LogP contribution in [0.15, 0.2) is 59.1 Å². The largest absolute Gasteiger partial charge is 0.481 e. The molecule has 3 rings (SSSR count). The predicted octanol–water partition coefficient (Wildman–Crippen LogP) is 3.13. The van der Waals surface area contributed by atoms with Crippen molar-refractivity contribution in [3.8, 4) is 17.1 Å². The van der Waals surface area contributed by atoms with Crippen LogP contribution in [0.1, 0.15) is 18.4 Å². The quantitative estimate of drug-likeness (QED) is 0.748. The Bertz CT molecular complexity index is 846. The summed E-state index contributed by atoms with van der Waals surface area (Å²) in [5, 5.41) is 6.68. The van der Waals surface area contributed by atoms with Crippen molar-refractivity contribution in [1.82, 2.24) is 15.5 Å². The van der Waals surface area contributed by atoms with Crippen LogP contribution in [-0.4, -0.2) is 22.2 Å². The Morgan fingerprint density at radius 3 is 2.76 bits per heavy atom. The van der Waals surface area contributed by atoms with E-state index in [9.17, 15) is 4.79 Å². The van der Waals surface area contributed by atoms with Gasteiger partial charge in [0.2, 0.25) is 11.7 Å². The van der Waals surface area contributed by atoms with E-state index in [1.807, 2.05) is 49.4 Å². The van der Waals surface area contributed by atoms with Gasteiger partial charge in [-0.05, 0) is 32.0 Å². The summed E-state index contributed by atoms with van der Waals surface area (Å²) >= 11 is 0. The van der Waals surface area contributed by atoms with E-state index in [0.717, 1.165) is 11.1 Å². The molecule has 0 aliphatic rings. The van der Waals surface area contributed by atoms with E-state index < -0.39 is 6.10 Å². The molecule has 1 N–H and O–H groups in total.